The second-order valence-corrected chi connectivity index (χ2v) is 3.40. The number of hydrogen-bond donors (Lipinski definition) is 1. The van der Waals surface area contributed by atoms with E-state index in [1.54, 1.807) is 13.4 Å². The average molecular weight is 185 g/mol. The normalized spacial score (nSPS) is 12.2. The van der Waals surface area contributed by atoms with Gasteiger partial charge in [-0.25, -0.2) is 4.21 Å². The topological polar surface area (TPSA) is 38.3 Å². The van der Waals surface area contributed by atoms with E-state index in [-0.39, 0.29) is 0 Å². The summed E-state index contributed by atoms with van der Waals surface area (Å²) in [5.41, 5.74) is 0.830. The van der Waals surface area contributed by atoms with Gasteiger partial charge in [-0.2, -0.15) is 0 Å². The lowest BCUT2D eigenvalue weighted by Crippen LogP contribution is -2.00. The van der Waals surface area contributed by atoms with Crippen LogP contribution in [0.3, 0.4) is 0 Å². The lowest BCUT2D eigenvalue weighted by molar-refractivity contribution is 0.415. The van der Waals surface area contributed by atoms with Gasteiger partial charge in [-0.15, -0.1) is 0 Å². The summed E-state index contributed by atoms with van der Waals surface area (Å²) in [4.78, 5) is 0. The number of ether oxygens (including phenoxy) is 1. The summed E-state index contributed by atoms with van der Waals surface area (Å²) in [5.74, 6) is 0.794. The third-order valence-electron chi connectivity index (χ3n) is 1.35. The van der Waals surface area contributed by atoms with E-state index in [0.717, 1.165) is 11.4 Å². The first-order chi connectivity index (χ1) is 5.72. The van der Waals surface area contributed by atoms with Crippen molar-refractivity contribution in [1.82, 2.24) is 0 Å². The second-order valence-electron chi connectivity index (χ2n) is 2.28. The van der Waals surface area contributed by atoms with E-state index in [1.807, 2.05) is 24.3 Å². The molecule has 0 saturated carbocycles. The van der Waals surface area contributed by atoms with Crippen LogP contribution in [0.25, 0.3) is 0 Å². The maximum atomic E-state index is 10.7. The monoisotopic (exact) mass is 185 g/mol. The van der Waals surface area contributed by atoms with Crippen molar-refractivity contribution in [2.45, 2.75) is 0 Å². The number of anilines is 1. The van der Waals surface area contributed by atoms with Crippen molar-refractivity contribution in [1.29, 1.82) is 0 Å². The molecule has 1 unspecified atom stereocenters. The predicted molar refractivity (Wildman–Crippen MR) is 50.7 cm³/mol. The van der Waals surface area contributed by atoms with Crippen LogP contribution in [-0.4, -0.2) is 17.6 Å². The molecule has 0 aliphatic heterocycles. The van der Waals surface area contributed by atoms with E-state index < -0.39 is 11.0 Å². The Morgan fingerprint density at radius 3 is 2.33 bits per heavy atom. The fourth-order valence-corrected chi connectivity index (χ4v) is 1.29. The molecule has 12 heavy (non-hydrogen) atoms. The summed E-state index contributed by atoms with van der Waals surface area (Å²) in [5, 5.41) is 0. The van der Waals surface area contributed by atoms with Crippen LogP contribution in [0.4, 0.5) is 5.69 Å². The number of benzene rings is 1. The summed E-state index contributed by atoms with van der Waals surface area (Å²) in [7, 11) is 0.596. The SMILES string of the molecule is COc1ccc(NS(C)=O)cc1. The zero-order valence-corrected chi connectivity index (χ0v) is 7.85. The molecule has 0 amide bonds. The molecule has 0 aliphatic carbocycles. The van der Waals surface area contributed by atoms with E-state index in [0.29, 0.717) is 0 Å². The van der Waals surface area contributed by atoms with Gasteiger partial charge in [0.15, 0.2) is 0 Å². The maximum absolute atomic E-state index is 10.7. The minimum absolute atomic E-state index is 0.794. The fraction of sp³-hybridized carbons (Fsp3) is 0.250. The Labute approximate surface area is 74.3 Å². The third kappa shape index (κ3) is 2.54. The van der Waals surface area contributed by atoms with E-state index in [9.17, 15) is 4.21 Å². The van der Waals surface area contributed by atoms with Gasteiger partial charge in [0.25, 0.3) is 0 Å². The molecule has 66 valence electrons. The molecule has 4 heteroatoms. The van der Waals surface area contributed by atoms with Gasteiger partial charge in [-0.3, -0.25) is 0 Å². The summed E-state index contributed by atoms with van der Waals surface area (Å²) in [6.07, 6.45) is 1.59. The van der Waals surface area contributed by atoms with Gasteiger partial charge >= 0.3 is 0 Å². The minimum atomic E-state index is -1.02. The average Bonchev–Trinajstić information content (AvgIpc) is 2.05. The summed E-state index contributed by atoms with van der Waals surface area (Å²) in [6.45, 7) is 0. The molecule has 1 atom stereocenters. The van der Waals surface area contributed by atoms with Crippen molar-refractivity contribution < 1.29 is 8.95 Å². The first-order valence-electron chi connectivity index (χ1n) is 3.46. The number of hydrogen-bond acceptors (Lipinski definition) is 2. The molecule has 0 spiro atoms. The van der Waals surface area contributed by atoms with Gasteiger partial charge in [-0.1, -0.05) is 0 Å². The first kappa shape index (κ1) is 9.06. The van der Waals surface area contributed by atoms with Crippen LogP contribution >= 0.6 is 0 Å². The summed E-state index contributed by atoms with van der Waals surface area (Å²) < 4.78 is 18.5. The Hall–Kier alpha value is -1.03. The Balaban J connectivity index is 2.71. The zero-order chi connectivity index (χ0) is 8.97. The van der Waals surface area contributed by atoms with Gasteiger partial charge in [0.05, 0.1) is 7.11 Å². The molecule has 0 aromatic heterocycles. The van der Waals surface area contributed by atoms with E-state index in [4.69, 9.17) is 4.74 Å². The molecule has 0 aliphatic rings. The molecule has 0 fully saturated rings. The van der Waals surface area contributed by atoms with Gasteiger partial charge in [0, 0.05) is 11.9 Å². The minimum Gasteiger partial charge on any atom is -0.497 e. The molecule has 1 aromatic rings. The molecule has 3 nitrogen and oxygen atoms in total. The standard InChI is InChI=1S/C8H11NO2S/c1-11-8-5-3-7(4-6-8)9-12(2)10/h3-6,9H,1-2H3. The second kappa shape index (κ2) is 4.11. The Morgan fingerprint density at radius 2 is 1.92 bits per heavy atom. The Kier molecular flexibility index (Phi) is 3.10. The highest BCUT2D eigenvalue weighted by Crippen LogP contribution is 2.14. The quantitative estimate of drug-likeness (QED) is 0.773. The van der Waals surface area contributed by atoms with Crippen molar-refractivity contribution in [2.24, 2.45) is 0 Å². The van der Waals surface area contributed by atoms with Gasteiger partial charge < -0.3 is 9.46 Å². The van der Waals surface area contributed by atoms with Crippen LogP contribution in [0.15, 0.2) is 24.3 Å². The maximum Gasteiger partial charge on any atom is 0.119 e. The van der Waals surface area contributed by atoms with Crippen molar-refractivity contribution in [2.75, 3.05) is 18.1 Å². The largest absolute Gasteiger partial charge is 0.497 e. The summed E-state index contributed by atoms with van der Waals surface area (Å²) in [6, 6.07) is 7.27. The Bertz CT molecular complexity index is 271. The molecule has 1 aromatic carbocycles. The van der Waals surface area contributed by atoms with E-state index in [1.165, 1.54) is 0 Å². The van der Waals surface area contributed by atoms with Crippen molar-refractivity contribution in [3.8, 4) is 5.75 Å². The molecule has 0 saturated heterocycles. The predicted octanol–water partition coefficient (Wildman–Crippen LogP) is 1.40. The lowest BCUT2D eigenvalue weighted by Gasteiger charge is -2.03. The van der Waals surface area contributed by atoms with E-state index >= 15 is 0 Å². The van der Waals surface area contributed by atoms with Gasteiger partial charge in [0.2, 0.25) is 0 Å². The van der Waals surface area contributed by atoms with Crippen LogP contribution in [0.1, 0.15) is 0 Å². The molecule has 1 rings (SSSR count). The van der Waals surface area contributed by atoms with Crippen molar-refractivity contribution in [3.63, 3.8) is 0 Å². The molecule has 0 heterocycles. The highest BCUT2D eigenvalue weighted by molar-refractivity contribution is 7.85. The number of methoxy groups -OCH3 is 1. The van der Waals surface area contributed by atoms with Crippen LogP contribution in [0, 0.1) is 0 Å². The lowest BCUT2D eigenvalue weighted by atomic mass is 10.3. The highest BCUT2D eigenvalue weighted by atomic mass is 32.2. The highest BCUT2D eigenvalue weighted by Gasteiger charge is 1.93. The fourth-order valence-electron chi connectivity index (χ4n) is 0.825. The molecule has 0 bridgehead atoms. The van der Waals surface area contributed by atoms with E-state index in [2.05, 4.69) is 4.72 Å². The third-order valence-corrected chi connectivity index (χ3v) is 1.87. The van der Waals surface area contributed by atoms with Crippen LogP contribution < -0.4 is 9.46 Å². The number of nitrogens with one attached hydrogen (secondary N) is 1. The smallest absolute Gasteiger partial charge is 0.119 e. The van der Waals surface area contributed by atoms with Crippen LogP contribution in [0.5, 0.6) is 5.75 Å². The zero-order valence-electron chi connectivity index (χ0n) is 7.03. The molecular weight excluding hydrogens is 174 g/mol. The van der Waals surface area contributed by atoms with Gasteiger partial charge in [0.1, 0.15) is 16.7 Å². The Morgan fingerprint density at radius 1 is 1.33 bits per heavy atom. The molecule has 1 N–H and O–H groups in total. The molecule has 0 radical (unpaired) electrons. The van der Waals surface area contributed by atoms with Crippen molar-refractivity contribution >= 4 is 16.7 Å². The first-order valence-corrected chi connectivity index (χ1v) is 5.02. The number of rotatable bonds is 3. The van der Waals surface area contributed by atoms with Crippen molar-refractivity contribution in [3.05, 3.63) is 24.3 Å². The summed E-state index contributed by atoms with van der Waals surface area (Å²) >= 11 is 0. The van der Waals surface area contributed by atoms with Crippen LogP contribution in [0.2, 0.25) is 0 Å². The van der Waals surface area contributed by atoms with Gasteiger partial charge in [-0.05, 0) is 24.3 Å². The molecular formula is C8H11NO2S. The van der Waals surface area contributed by atoms with Crippen LogP contribution in [-0.2, 0) is 11.0 Å².